The van der Waals surface area contributed by atoms with Crippen LogP contribution in [0.1, 0.15) is 23.6 Å². The van der Waals surface area contributed by atoms with E-state index in [4.69, 9.17) is 4.74 Å². The number of benzene rings is 2. The molecule has 0 saturated carbocycles. The molecule has 0 aromatic heterocycles. The van der Waals surface area contributed by atoms with Gasteiger partial charge in [-0.3, -0.25) is 4.79 Å². The molecule has 2 aromatic carbocycles. The normalized spacial score (nSPS) is 11.0. The molecule has 4 heteroatoms. The van der Waals surface area contributed by atoms with Gasteiger partial charge in [0.1, 0.15) is 5.75 Å². The van der Waals surface area contributed by atoms with Crippen LogP contribution in [-0.2, 0) is 4.79 Å². The van der Waals surface area contributed by atoms with E-state index in [1.54, 1.807) is 12.3 Å². The van der Waals surface area contributed by atoms with Crippen LogP contribution < -0.4 is 10.2 Å². The molecule has 0 saturated heterocycles. The highest BCUT2D eigenvalue weighted by Crippen LogP contribution is 2.10. The lowest BCUT2D eigenvalue weighted by molar-refractivity contribution is -0.116. The maximum absolute atomic E-state index is 11.7. The van der Waals surface area contributed by atoms with Crippen LogP contribution in [0.5, 0.6) is 5.75 Å². The van der Waals surface area contributed by atoms with Crippen molar-refractivity contribution in [3.05, 3.63) is 71.3 Å². The Morgan fingerprint density at radius 1 is 1.09 bits per heavy atom. The smallest absolute Gasteiger partial charge is 0.264 e. The van der Waals surface area contributed by atoms with Gasteiger partial charge in [-0.25, -0.2) is 5.43 Å². The minimum Gasteiger partial charge on any atom is -0.494 e. The summed E-state index contributed by atoms with van der Waals surface area (Å²) in [7, 11) is 0. The third kappa shape index (κ3) is 5.79. The molecule has 118 valence electrons. The van der Waals surface area contributed by atoms with Gasteiger partial charge in [0, 0.05) is 6.08 Å². The molecule has 0 heterocycles. The van der Waals surface area contributed by atoms with E-state index in [0.29, 0.717) is 6.61 Å². The Labute approximate surface area is 136 Å². The fraction of sp³-hybridized carbons (Fsp3) is 0.158. The van der Waals surface area contributed by atoms with Crippen molar-refractivity contribution >= 4 is 18.2 Å². The summed E-state index contributed by atoms with van der Waals surface area (Å²) in [6.07, 6.45) is 4.80. The number of ether oxygens (including phenoxy) is 1. The first kappa shape index (κ1) is 16.5. The van der Waals surface area contributed by atoms with E-state index < -0.39 is 0 Å². The Bertz CT molecular complexity index is 686. The standard InChI is InChI=1S/C19H20N2O2/c1-3-23-18-11-8-17(9-12-18)14-20-21-19(22)13-10-16-6-4-15(2)5-7-16/h4-14H,3H2,1-2H3,(H,21,22)/b13-10+,20-14-. The van der Waals surface area contributed by atoms with Gasteiger partial charge in [0.25, 0.3) is 5.91 Å². The Morgan fingerprint density at radius 3 is 2.39 bits per heavy atom. The lowest BCUT2D eigenvalue weighted by Crippen LogP contribution is -2.14. The average Bonchev–Trinajstić information content (AvgIpc) is 2.56. The Morgan fingerprint density at radius 2 is 1.74 bits per heavy atom. The minimum absolute atomic E-state index is 0.271. The van der Waals surface area contributed by atoms with Crippen LogP contribution in [-0.4, -0.2) is 18.7 Å². The fourth-order valence-corrected chi connectivity index (χ4v) is 1.87. The van der Waals surface area contributed by atoms with Crippen LogP contribution in [0, 0.1) is 6.92 Å². The first-order chi connectivity index (χ1) is 11.2. The lowest BCUT2D eigenvalue weighted by atomic mass is 10.1. The summed E-state index contributed by atoms with van der Waals surface area (Å²) in [6.45, 7) is 4.60. The van der Waals surface area contributed by atoms with E-state index in [0.717, 1.165) is 16.9 Å². The van der Waals surface area contributed by atoms with Crippen molar-refractivity contribution < 1.29 is 9.53 Å². The van der Waals surface area contributed by atoms with Crippen LogP contribution in [0.3, 0.4) is 0 Å². The lowest BCUT2D eigenvalue weighted by Gasteiger charge is -2.01. The molecule has 0 aliphatic carbocycles. The highest BCUT2D eigenvalue weighted by atomic mass is 16.5. The Hall–Kier alpha value is -2.88. The number of carbonyl (C=O) groups excluding carboxylic acids is 1. The molecule has 23 heavy (non-hydrogen) atoms. The summed E-state index contributed by atoms with van der Waals surface area (Å²) in [5, 5.41) is 3.93. The fourth-order valence-electron chi connectivity index (χ4n) is 1.87. The molecule has 1 amide bonds. The third-order valence-corrected chi connectivity index (χ3v) is 3.08. The van der Waals surface area contributed by atoms with Gasteiger partial charge in [-0.05, 0) is 55.3 Å². The van der Waals surface area contributed by atoms with Crippen molar-refractivity contribution in [1.82, 2.24) is 5.43 Å². The van der Waals surface area contributed by atoms with E-state index in [-0.39, 0.29) is 5.91 Å². The molecule has 0 unspecified atom stereocenters. The number of amides is 1. The van der Waals surface area contributed by atoms with Gasteiger partial charge in [-0.2, -0.15) is 5.10 Å². The van der Waals surface area contributed by atoms with Gasteiger partial charge < -0.3 is 4.74 Å². The number of rotatable bonds is 6. The zero-order valence-electron chi connectivity index (χ0n) is 13.3. The van der Waals surface area contributed by atoms with Crippen molar-refractivity contribution in [2.45, 2.75) is 13.8 Å². The topological polar surface area (TPSA) is 50.7 Å². The highest BCUT2D eigenvalue weighted by molar-refractivity contribution is 5.92. The number of hydrazone groups is 1. The van der Waals surface area contributed by atoms with E-state index in [9.17, 15) is 4.79 Å². The zero-order valence-corrected chi connectivity index (χ0v) is 13.3. The third-order valence-electron chi connectivity index (χ3n) is 3.08. The maximum atomic E-state index is 11.7. The van der Waals surface area contributed by atoms with Crippen molar-refractivity contribution in [3.63, 3.8) is 0 Å². The van der Waals surface area contributed by atoms with Crippen molar-refractivity contribution in [2.75, 3.05) is 6.61 Å². The van der Waals surface area contributed by atoms with Crippen molar-refractivity contribution in [2.24, 2.45) is 5.10 Å². The molecule has 0 spiro atoms. The van der Waals surface area contributed by atoms with Gasteiger partial charge in [0.05, 0.1) is 12.8 Å². The van der Waals surface area contributed by atoms with Gasteiger partial charge in [0.2, 0.25) is 0 Å². The summed E-state index contributed by atoms with van der Waals surface area (Å²) in [6, 6.07) is 15.4. The Balaban J connectivity index is 1.84. The molecule has 0 atom stereocenters. The summed E-state index contributed by atoms with van der Waals surface area (Å²) < 4.78 is 5.36. The quantitative estimate of drug-likeness (QED) is 0.504. The number of hydrogen-bond acceptors (Lipinski definition) is 3. The monoisotopic (exact) mass is 308 g/mol. The number of carbonyl (C=O) groups is 1. The van der Waals surface area contributed by atoms with Crippen LogP contribution in [0.15, 0.2) is 59.7 Å². The predicted octanol–water partition coefficient (Wildman–Crippen LogP) is 3.56. The summed E-state index contributed by atoms with van der Waals surface area (Å²) >= 11 is 0. The molecule has 2 aromatic rings. The predicted molar refractivity (Wildman–Crippen MR) is 93.6 cm³/mol. The van der Waals surface area contributed by atoms with Crippen LogP contribution in [0.25, 0.3) is 6.08 Å². The molecule has 0 bridgehead atoms. The van der Waals surface area contributed by atoms with Gasteiger partial charge in [0.15, 0.2) is 0 Å². The van der Waals surface area contributed by atoms with Gasteiger partial charge in [-0.15, -0.1) is 0 Å². The molecular weight excluding hydrogens is 288 g/mol. The summed E-state index contributed by atoms with van der Waals surface area (Å²) in [5.41, 5.74) is 5.51. The molecule has 4 nitrogen and oxygen atoms in total. The van der Waals surface area contributed by atoms with Crippen LogP contribution in [0.4, 0.5) is 0 Å². The second kappa shape index (κ2) is 8.54. The second-order valence-corrected chi connectivity index (χ2v) is 4.98. The largest absolute Gasteiger partial charge is 0.494 e. The van der Waals surface area contributed by atoms with Crippen molar-refractivity contribution in [3.8, 4) is 5.75 Å². The van der Waals surface area contributed by atoms with Gasteiger partial charge >= 0.3 is 0 Å². The molecule has 0 aliphatic heterocycles. The summed E-state index contributed by atoms with van der Waals surface area (Å²) in [5.74, 6) is 0.544. The first-order valence-corrected chi connectivity index (χ1v) is 7.48. The van der Waals surface area contributed by atoms with E-state index in [1.165, 1.54) is 11.6 Å². The Kier molecular flexibility index (Phi) is 6.12. The van der Waals surface area contributed by atoms with Crippen LogP contribution >= 0.6 is 0 Å². The second-order valence-electron chi connectivity index (χ2n) is 4.98. The molecule has 0 radical (unpaired) electrons. The van der Waals surface area contributed by atoms with Crippen LogP contribution in [0.2, 0.25) is 0 Å². The van der Waals surface area contributed by atoms with Gasteiger partial charge in [-0.1, -0.05) is 29.8 Å². The maximum Gasteiger partial charge on any atom is 0.264 e. The molecule has 0 aliphatic rings. The molecule has 0 fully saturated rings. The van der Waals surface area contributed by atoms with E-state index in [2.05, 4.69) is 10.5 Å². The first-order valence-electron chi connectivity index (χ1n) is 7.48. The van der Waals surface area contributed by atoms with E-state index in [1.807, 2.05) is 62.4 Å². The summed E-state index contributed by atoms with van der Waals surface area (Å²) in [4.78, 5) is 11.7. The SMILES string of the molecule is CCOc1ccc(/C=N\NC(=O)/C=C/c2ccc(C)cc2)cc1. The molecular formula is C19H20N2O2. The molecule has 2 rings (SSSR count). The van der Waals surface area contributed by atoms with E-state index >= 15 is 0 Å². The number of nitrogens with one attached hydrogen (secondary N) is 1. The van der Waals surface area contributed by atoms with Crippen molar-refractivity contribution in [1.29, 1.82) is 0 Å². The number of aryl methyl sites for hydroxylation is 1. The molecule has 1 N–H and O–H groups in total. The number of hydrogen-bond donors (Lipinski definition) is 1. The average molecular weight is 308 g/mol. The minimum atomic E-state index is -0.271. The highest BCUT2D eigenvalue weighted by Gasteiger charge is 1.94. The number of nitrogens with zero attached hydrogens (tertiary/aromatic N) is 1. The zero-order chi connectivity index (χ0) is 16.5.